The number of aryl methyl sites for hydroxylation is 1. The molecule has 82 valence electrons. The van der Waals surface area contributed by atoms with Crippen molar-refractivity contribution < 1.29 is 4.79 Å². The van der Waals surface area contributed by atoms with E-state index in [4.69, 9.17) is 5.73 Å². The summed E-state index contributed by atoms with van der Waals surface area (Å²) in [4.78, 5) is 15.8. The maximum absolute atomic E-state index is 11.8. The van der Waals surface area contributed by atoms with Gasteiger partial charge >= 0.3 is 0 Å². The summed E-state index contributed by atoms with van der Waals surface area (Å²) in [6, 6.07) is 1.45. The molecule has 0 aromatic carbocycles. The van der Waals surface area contributed by atoms with E-state index < -0.39 is 0 Å². The molecular weight excluding hydrogens is 188 g/mol. The molecule has 0 fully saturated rings. The first-order valence-electron chi connectivity index (χ1n) is 5.36. The van der Waals surface area contributed by atoms with Crippen LogP contribution in [0.15, 0.2) is 18.5 Å². The summed E-state index contributed by atoms with van der Waals surface area (Å²) in [6.07, 6.45) is 6.12. The van der Waals surface area contributed by atoms with E-state index >= 15 is 0 Å². The minimum Gasteiger partial charge on any atom is -0.321 e. The van der Waals surface area contributed by atoms with Gasteiger partial charge in [0.2, 0.25) is 0 Å². The third-order valence-corrected chi connectivity index (χ3v) is 2.36. The number of hydrogen-bond acceptors (Lipinski definition) is 3. The Morgan fingerprint density at radius 3 is 2.87 bits per heavy atom. The van der Waals surface area contributed by atoms with E-state index in [2.05, 4.69) is 11.9 Å². The molecule has 1 aromatic heterocycles. The number of unbranched alkanes of at least 4 members (excludes halogenated alkanes) is 1. The zero-order chi connectivity index (χ0) is 11.3. The largest absolute Gasteiger partial charge is 0.321 e. The molecule has 0 aliphatic carbocycles. The van der Waals surface area contributed by atoms with Crippen molar-refractivity contribution >= 4 is 5.78 Å². The lowest BCUT2D eigenvalue weighted by Gasteiger charge is -2.09. The van der Waals surface area contributed by atoms with Gasteiger partial charge in [-0.2, -0.15) is 0 Å². The topological polar surface area (TPSA) is 56.0 Å². The van der Waals surface area contributed by atoms with E-state index in [-0.39, 0.29) is 11.8 Å². The quantitative estimate of drug-likeness (QED) is 0.750. The lowest BCUT2D eigenvalue weighted by molar-refractivity contribution is 0.0955. The Bertz CT molecular complexity index is 336. The molecule has 0 aliphatic heterocycles. The molecule has 3 nitrogen and oxygen atoms in total. The number of carbonyl (C=O) groups is 1. The molecule has 0 radical (unpaired) electrons. The molecule has 1 unspecified atom stereocenters. The van der Waals surface area contributed by atoms with Crippen LogP contribution >= 0.6 is 0 Å². The summed E-state index contributed by atoms with van der Waals surface area (Å²) in [5.41, 5.74) is 7.42. The van der Waals surface area contributed by atoms with Gasteiger partial charge in [0.1, 0.15) is 0 Å². The maximum Gasteiger partial charge on any atom is 0.181 e. The molecule has 0 saturated heterocycles. The molecule has 1 atom stereocenters. The van der Waals surface area contributed by atoms with E-state index in [1.54, 1.807) is 12.4 Å². The van der Waals surface area contributed by atoms with Crippen molar-refractivity contribution in [1.82, 2.24) is 4.98 Å². The lowest BCUT2D eigenvalue weighted by atomic mass is 10.0. The van der Waals surface area contributed by atoms with E-state index in [9.17, 15) is 4.79 Å². The monoisotopic (exact) mass is 206 g/mol. The second kappa shape index (κ2) is 5.61. The Morgan fingerprint density at radius 2 is 2.27 bits per heavy atom. The van der Waals surface area contributed by atoms with Crippen LogP contribution in [0.2, 0.25) is 0 Å². The van der Waals surface area contributed by atoms with Crippen molar-refractivity contribution in [3.63, 3.8) is 0 Å². The Morgan fingerprint density at radius 1 is 1.53 bits per heavy atom. The van der Waals surface area contributed by atoms with Crippen molar-refractivity contribution in [2.24, 2.45) is 5.73 Å². The number of Topliss-reactive ketones (excluding diaryl/α,β-unsaturated/α-hetero) is 1. The fraction of sp³-hybridized carbons (Fsp3) is 0.500. The molecule has 0 saturated carbocycles. The number of carbonyl (C=O) groups excluding carboxylic acids is 1. The summed E-state index contributed by atoms with van der Waals surface area (Å²) < 4.78 is 0. The minimum absolute atomic E-state index is 0.000324. The van der Waals surface area contributed by atoms with Crippen molar-refractivity contribution in [3.05, 3.63) is 29.6 Å². The highest BCUT2D eigenvalue weighted by molar-refractivity contribution is 5.99. The number of nitrogens with two attached hydrogens (primary N) is 1. The molecular formula is C12H18N2O. The second-order valence-electron chi connectivity index (χ2n) is 3.86. The highest BCUT2D eigenvalue weighted by Gasteiger charge is 2.15. The van der Waals surface area contributed by atoms with Crippen LogP contribution in [-0.4, -0.2) is 16.8 Å². The Kier molecular flexibility index (Phi) is 4.43. The first-order valence-corrected chi connectivity index (χ1v) is 5.36. The zero-order valence-corrected chi connectivity index (χ0v) is 9.36. The van der Waals surface area contributed by atoms with Crippen molar-refractivity contribution in [2.45, 2.75) is 39.2 Å². The van der Waals surface area contributed by atoms with Gasteiger partial charge in [-0.15, -0.1) is 0 Å². The molecule has 1 heterocycles. The number of aromatic nitrogens is 1. The molecule has 0 bridgehead atoms. The Balaban J connectivity index is 2.67. The van der Waals surface area contributed by atoms with Crippen LogP contribution < -0.4 is 5.73 Å². The maximum atomic E-state index is 11.8. The summed E-state index contributed by atoms with van der Waals surface area (Å²) >= 11 is 0. The van der Waals surface area contributed by atoms with Crippen molar-refractivity contribution in [2.75, 3.05) is 0 Å². The van der Waals surface area contributed by atoms with Gasteiger partial charge < -0.3 is 5.73 Å². The summed E-state index contributed by atoms with van der Waals surface area (Å²) in [6.45, 7) is 4.01. The van der Waals surface area contributed by atoms with Gasteiger partial charge in [-0.1, -0.05) is 19.8 Å². The fourth-order valence-corrected chi connectivity index (χ4v) is 1.46. The predicted molar refractivity (Wildman–Crippen MR) is 60.8 cm³/mol. The first kappa shape index (κ1) is 11.9. The molecule has 0 spiro atoms. The van der Waals surface area contributed by atoms with Gasteiger partial charge in [0.25, 0.3) is 0 Å². The summed E-state index contributed by atoms with van der Waals surface area (Å²) in [5.74, 6) is -0.000324. The van der Waals surface area contributed by atoms with E-state index in [0.29, 0.717) is 5.56 Å². The Hall–Kier alpha value is -1.22. The summed E-state index contributed by atoms with van der Waals surface area (Å²) in [5, 5.41) is 0. The van der Waals surface area contributed by atoms with Gasteiger partial charge in [-0.05, 0) is 25.0 Å². The molecule has 15 heavy (non-hydrogen) atoms. The average molecular weight is 206 g/mol. The Labute approximate surface area is 90.7 Å². The van der Waals surface area contributed by atoms with Gasteiger partial charge in [-0.25, -0.2) is 0 Å². The standard InChI is InChI=1S/C12H18N2O/c1-3-4-5-11(13)12(15)10-6-9(2)7-14-8-10/h6-8,11H,3-5,13H2,1-2H3. The summed E-state index contributed by atoms with van der Waals surface area (Å²) in [7, 11) is 0. The average Bonchev–Trinajstić information content (AvgIpc) is 2.24. The molecule has 3 heteroatoms. The number of rotatable bonds is 5. The SMILES string of the molecule is CCCCC(N)C(=O)c1cncc(C)c1. The number of pyridine rings is 1. The van der Waals surface area contributed by atoms with Gasteiger partial charge in [0, 0.05) is 18.0 Å². The van der Waals surface area contributed by atoms with Crippen LogP contribution in [0.1, 0.15) is 42.1 Å². The van der Waals surface area contributed by atoms with Crippen LogP contribution in [0.5, 0.6) is 0 Å². The van der Waals surface area contributed by atoms with Gasteiger partial charge in [0.05, 0.1) is 6.04 Å². The molecule has 2 N–H and O–H groups in total. The van der Waals surface area contributed by atoms with E-state index in [0.717, 1.165) is 24.8 Å². The first-order chi connectivity index (χ1) is 7.15. The zero-order valence-electron chi connectivity index (χ0n) is 9.36. The highest BCUT2D eigenvalue weighted by Crippen LogP contribution is 2.08. The third kappa shape index (κ3) is 3.44. The lowest BCUT2D eigenvalue weighted by Crippen LogP contribution is -2.30. The van der Waals surface area contributed by atoms with Gasteiger partial charge in [-0.3, -0.25) is 9.78 Å². The molecule has 1 aromatic rings. The predicted octanol–water partition coefficient (Wildman–Crippen LogP) is 2.09. The molecule has 1 rings (SSSR count). The van der Waals surface area contributed by atoms with Crippen LogP contribution in [0.3, 0.4) is 0 Å². The highest BCUT2D eigenvalue weighted by atomic mass is 16.1. The minimum atomic E-state index is -0.381. The fourth-order valence-electron chi connectivity index (χ4n) is 1.46. The smallest absolute Gasteiger partial charge is 0.181 e. The third-order valence-electron chi connectivity index (χ3n) is 2.36. The number of ketones is 1. The van der Waals surface area contributed by atoms with Crippen LogP contribution in [-0.2, 0) is 0 Å². The van der Waals surface area contributed by atoms with Crippen LogP contribution in [0.4, 0.5) is 0 Å². The van der Waals surface area contributed by atoms with Crippen LogP contribution in [0, 0.1) is 6.92 Å². The number of nitrogens with zero attached hydrogens (tertiary/aromatic N) is 1. The molecule has 0 aliphatic rings. The van der Waals surface area contributed by atoms with E-state index in [1.165, 1.54) is 0 Å². The second-order valence-corrected chi connectivity index (χ2v) is 3.86. The van der Waals surface area contributed by atoms with E-state index in [1.807, 2.05) is 13.0 Å². The number of hydrogen-bond donors (Lipinski definition) is 1. The van der Waals surface area contributed by atoms with Crippen molar-refractivity contribution in [1.29, 1.82) is 0 Å². The van der Waals surface area contributed by atoms with Gasteiger partial charge in [0.15, 0.2) is 5.78 Å². The van der Waals surface area contributed by atoms with Crippen molar-refractivity contribution in [3.8, 4) is 0 Å². The van der Waals surface area contributed by atoms with Crippen LogP contribution in [0.25, 0.3) is 0 Å². The molecule has 0 amide bonds. The normalized spacial score (nSPS) is 12.5.